The Morgan fingerprint density at radius 1 is 1.23 bits per heavy atom. The summed E-state index contributed by atoms with van der Waals surface area (Å²) in [4.78, 5) is 20.0. The molecule has 2 aromatic carbocycles. The number of nitrogens with zero attached hydrogens (tertiary/aromatic N) is 4. The van der Waals surface area contributed by atoms with Crippen molar-refractivity contribution in [3.8, 4) is 5.69 Å². The Morgan fingerprint density at radius 3 is 2.69 bits per heavy atom. The number of amides is 1. The number of carbonyl (C=O) groups excluding carboxylic acids is 1. The first-order valence-corrected chi connectivity index (χ1v) is 9.47. The second-order valence-corrected chi connectivity index (χ2v) is 7.72. The van der Waals surface area contributed by atoms with Crippen molar-refractivity contribution < 1.29 is 4.79 Å². The van der Waals surface area contributed by atoms with Gasteiger partial charge in [-0.15, -0.1) is 11.8 Å². The lowest BCUT2D eigenvalue weighted by Crippen LogP contribution is -2.36. The Kier molecular flexibility index (Phi) is 4.51. The number of hydrogen-bond acceptors (Lipinski definition) is 4. The molecule has 0 radical (unpaired) electrons. The van der Waals surface area contributed by atoms with Gasteiger partial charge in [-0.1, -0.05) is 30.3 Å². The van der Waals surface area contributed by atoms with Crippen molar-refractivity contribution >= 4 is 17.7 Å². The van der Waals surface area contributed by atoms with Gasteiger partial charge in [-0.2, -0.15) is 5.10 Å². The van der Waals surface area contributed by atoms with Crippen molar-refractivity contribution in [1.29, 1.82) is 0 Å². The first kappa shape index (κ1) is 16.8. The van der Waals surface area contributed by atoms with Gasteiger partial charge in [0.25, 0.3) is 0 Å². The molecule has 26 heavy (non-hydrogen) atoms. The molecule has 2 heterocycles. The number of benzene rings is 2. The van der Waals surface area contributed by atoms with E-state index in [0.29, 0.717) is 0 Å². The molecule has 0 N–H and O–H groups in total. The number of carbonyl (C=O) groups is 1. The van der Waals surface area contributed by atoms with Gasteiger partial charge in [0.2, 0.25) is 5.91 Å². The maximum absolute atomic E-state index is 13.0. The number of fused-ring (bicyclic) bond motifs is 1. The Labute approximate surface area is 157 Å². The van der Waals surface area contributed by atoms with E-state index in [1.165, 1.54) is 16.8 Å². The average Bonchev–Trinajstić information content (AvgIpc) is 3.36. The van der Waals surface area contributed by atoms with Crippen LogP contribution in [-0.2, 0) is 11.2 Å². The molecular formula is C20H20N4OS. The lowest BCUT2D eigenvalue weighted by molar-refractivity contribution is -0.131. The molecule has 0 saturated carbocycles. The third-order valence-electron chi connectivity index (χ3n) is 4.91. The molecule has 1 aliphatic rings. The van der Waals surface area contributed by atoms with E-state index in [4.69, 9.17) is 0 Å². The zero-order valence-corrected chi connectivity index (χ0v) is 15.6. The van der Waals surface area contributed by atoms with Gasteiger partial charge in [0.1, 0.15) is 12.7 Å². The van der Waals surface area contributed by atoms with Gasteiger partial charge in [0.05, 0.1) is 17.0 Å². The molecule has 132 valence electrons. The second-order valence-electron chi connectivity index (χ2n) is 6.48. The average molecular weight is 364 g/mol. The molecule has 3 aromatic rings. The van der Waals surface area contributed by atoms with Gasteiger partial charge < -0.3 is 4.90 Å². The van der Waals surface area contributed by atoms with Crippen LogP contribution in [0.25, 0.3) is 5.69 Å². The minimum absolute atomic E-state index is 0.0107. The summed E-state index contributed by atoms with van der Waals surface area (Å²) in [5.74, 6) is 0.180. The number of thioether (sulfide) groups is 1. The third kappa shape index (κ3) is 3.12. The SMILES string of the molecule is CC(c1ccc(-n2cncn2)cc1)N(C)C(=O)C1Cc2ccccc2S1. The number of hydrogen-bond donors (Lipinski definition) is 0. The molecule has 0 saturated heterocycles. The highest BCUT2D eigenvalue weighted by Gasteiger charge is 2.31. The molecule has 0 aliphatic carbocycles. The highest BCUT2D eigenvalue weighted by Crippen LogP contribution is 2.38. The smallest absolute Gasteiger partial charge is 0.236 e. The van der Waals surface area contributed by atoms with Crippen LogP contribution in [0.5, 0.6) is 0 Å². The van der Waals surface area contributed by atoms with Crippen LogP contribution in [0, 0.1) is 0 Å². The topological polar surface area (TPSA) is 51.0 Å². The lowest BCUT2D eigenvalue weighted by atomic mass is 10.1. The maximum Gasteiger partial charge on any atom is 0.236 e. The van der Waals surface area contributed by atoms with Gasteiger partial charge in [0, 0.05) is 11.9 Å². The molecule has 1 aromatic heterocycles. The zero-order valence-electron chi connectivity index (χ0n) is 14.7. The summed E-state index contributed by atoms with van der Waals surface area (Å²) < 4.78 is 1.72. The molecule has 5 nitrogen and oxygen atoms in total. The fourth-order valence-electron chi connectivity index (χ4n) is 3.21. The predicted octanol–water partition coefficient (Wildman–Crippen LogP) is 3.50. The summed E-state index contributed by atoms with van der Waals surface area (Å²) >= 11 is 1.68. The summed E-state index contributed by atoms with van der Waals surface area (Å²) in [6, 6.07) is 16.4. The highest BCUT2D eigenvalue weighted by atomic mass is 32.2. The van der Waals surface area contributed by atoms with E-state index in [0.717, 1.165) is 17.7 Å². The standard InChI is InChI=1S/C20H20N4OS/c1-14(15-7-9-17(10-8-15)24-13-21-12-22-24)23(2)20(25)19-11-16-5-3-4-6-18(16)26-19/h3-10,12-14,19H,11H2,1-2H3. The Morgan fingerprint density at radius 2 is 2.00 bits per heavy atom. The van der Waals surface area contributed by atoms with E-state index in [1.54, 1.807) is 22.8 Å². The molecule has 1 aliphatic heterocycles. The maximum atomic E-state index is 13.0. The molecule has 2 atom stereocenters. The minimum atomic E-state index is -0.0331. The fraction of sp³-hybridized carbons (Fsp3) is 0.250. The normalized spacial score (nSPS) is 16.9. The van der Waals surface area contributed by atoms with E-state index < -0.39 is 0 Å². The Balaban J connectivity index is 1.46. The van der Waals surface area contributed by atoms with E-state index in [1.807, 2.05) is 48.3 Å². The van der Waals surface area contributed by atoms with Crippen LogP contribution in [0.15, 0.2) is 66.1 Å². The van der Waals surface area contributed by atoms with Gasteiger partial charge in [-0.25, -0.2) is 9.67 Å². The molecule has 6 heteroatoms. The fourth-order valence-corrected chi connectivity index (χ4v) is 4.50. The molecule has 0 fully saturated rings. The zero-order chi connectivity index (χ0) is 18.1. The van der Waals surface area contributed by atoms with E-state index >= 15 is 0 Å². The number of aromatic nitrogens is 3. The first-order valence-electron chi connectivity index (χ1n) is 8.59. The Hall–Kier alpha value is -2.60. The van der Waals surface area contributed by atoms with Crippen molar-refractivity contribution in [1.82, 2.24) is 19.7 Å². The summed E-state index contributed by atoms with van der Waals surface area (Å²) in [6.07, 6.45) is 3.99. The summed E-state index contributed by atoms with van der Waals surface area (Å²) in [5.41, 5.74) is 3.33. The van der Waals surface area contributed by atoms with Crippen LogP contribution in [0.2, 0.25) is 0 Å². The van der Waals surface area contributed by atoms with Crippen LogP contribution < -0.4 is 0 Å². The van der Waals surface area contributed by atoms with E-state index in [9.17, 15) is 4.79 Å². The van der Waals surface area contributed by atoms with Crippen LogP contribution in [0.1, 0.15) is 24.1 Å². The van der Waals surface area contributed by atoms with Crippen molar-refractivity contribution in [3.63, 3.8) is 0 Å². The van der Waals surface area contributed by atoms with Crippen LogP contribution in [0.3, 0.4) is 0 Å². The van der Waals surface area contributed by atoms with Crippen LogP contribution in [-0.4, -0.2) is 37.9 Å². The van der Waals surface area contributed by atoms with Crippen molar-refractivity contribution in [3.05, 3.63) is 72.3 Å². The quantitative estimate of drug-likeness (QED) is 0.711. The first-order chi connectivity index (χ1) is 12.6. The number of rotatable bonds is 4. The highest BCUT2D eigenvalue weighted by molar-refractivity contribution is 8.01. The van der Waals surface area contributed by atoms with Crippen LogP contribution >= 0.6 is 11.8 Å². The van der Waals surface area contributed by atoms with Crippen molar-refractivity contribution in [2.75, 3.05) is 7.05 Å². The van der Waals surface area contributed by atoms with Gasteiger partial charge in [0.15, 0.2) is 0 Å². The molecule has 0 spiro atoms. The van der Waals surface area contributed by atoms with Gasteiger partial charge in [-0.3, -0.25) is 4.79 Å². The summed E-state index contributed by atoms with van der Waals surface area (Å²) in [5, 5.41) is 4.10. The molecule has 4 rings (SSSR count). The predicted molar refractivity (Wildman–Crippen MR) is 102 cm³/mol. The second kappa shape index (κ2) is 6.96. The lowest BCUT2D eigenvalue weighted by Gasteiger charge is -2.27. The van der Waals surface area contributed by atoms with Crippen molar-refractivity contribution in [2.45, 2.75) is 29.5 Å². The van der Waals surface area contributed by atoms with E-state index in [2.05, 4.69) is 29.1 Å². The van der Waals surface area contributed by atoms with Gasteiger partial charge in [-0.05, 0) is 42.7 Å². The van der Waals surface area contributed by atoms with Crippen molar-refractivity contribution in [2.24, 2.45) is 0 Å². The molecule has 1 amide bonds. The monoisotopic (exact) mass is 364 g/mol. The summed E-state index contributed by atoms with van der Waals surface area (Å²) in [7, 11) is 1.89. The molecule has 0 bridgehead atoms. The largest absolute Gasteiger partial charge is 0.338 e. The van der Waals surface area contributed by atoms with Crippen LogP contribution in [0.4, 0.5) is 0 Å². The summed E-state index contributed by atoms with van der Waals surface area (Å²) in [6.45, 7) is 2.06. The molecule has 2 unspecified atom stereocenters. The van der Waals surface area contributed by atoms with E-state index in [-0.39, 0.29) is 17.2 Å². The third-order valence-corrected chi connectivity index (χ3v) is 6.21. The minimum Gasteiger partial charge on any atom is -0.338 e. The van der Waals surface area contributed by atoms with Gasteiger partial charge >= 0.3 is 0 Å². The molecular weight excluding hydrogens is 344 g/mol. The Bertz CT molecular complexity index is 883.